The summed E-state index contributed by atoms with van der Waals surface area (Å²) in [7, 11) is 0. The van der Waals surface area contributed by atoms with E-state index in [0.29, 0.717) is 22.9 Å². The third-order valence-electron chi connectivity index (χ3n) is 3.81. The van der Waals surface area contributed by atoms with Crippen molar-refractivity contribution in [2.75, 3.05) is 5.73 Å². The lowest BCUT2D eigenvalue weighted by molar-refractivity contribution is 0.300. The fraction of sp³-hybridized carbons (Fsp3) is 0.0526. The van der Waals surface area contributed by atoms with Crippen molar-refractivity contribution in [2.24, 2.45) is 0 Å². The number of nitrogens with two attached hydrogens (primary N) is 1. The molecular weight excluding hydrogens is 319 g/mol. The molecule has 2 heterocycles. The highest BCUT2D eigenvalue weighted by atomic mass is 19.1. The molecule has 2 N–H and O–H groups in total. The fourth-order valence-electron chi connectivity index (χ4n) is 2.62. The zero-order chi connectivity index (χ0) is 17.2. The van der Waals surface area contributed by atoms with Gasteiger partial charge in [0.15, 0.2) is 0 Å². The molecule has 0 radical (unpaired) electrons. The number of benzene rings is 2. The van der Waals surface area contributed by atoms with E-state index < -0.39 is 0 Å². The maximum absolute atomic E-state index is 13.2. The molecule has 0 aliphatic carbocycles. The van der Waals surface area contributed by atoms with E-state index in [-0.39, 0.29) is 12.4 Å². The number of hydrogen-bond acceptors (Lipinski definition) is 4. The first-order chi connectivity index (χ1) is 12.2. The molecule has 124 valence electrons. The molecule has 4 aromatic rings. The summed E-state index contributed by atoms with van der Waals surface area (Å²) in [5.74, 6) is 0.693. The summed E-state index contributed by atoms with van der Waals surface area (Å²) in [6, 6.07) is 13.6. The SMILES string of the molecule is Nc1ccccc1-c1cnc2nc(COc3cccc(F)c3)cn2c1. The fourth-order valence-corrected chi connectivity index (χ4v) is 2.62. The normalized spacial score (nSPS) is 10.9. The third kappa shape index (κ3) is 3.14. The number of imidazole rings is 1. The van der Waals surface area contributed by atoms with Gasteiger partial charge in [0, 0.05) is 41.5 Å². The molecule has 0 amide bonds. The summed E-state index contributed by atoms with van der Waals surface area (Å²) in [5, 5.41) is 0. The van der Waals surface area contributed by atoms with E-state index in [4.69, 9.17) is 10.5 Å². The quantitative estimate of drug-likeness (QED) is 0.578. The third-order valence-corrected chi connectivity index (χ3v) is 3.81. The minimum atomic E-state index is -0.334. The molecule has 2 aromatic carbocycles. The smallest absolute Gasteiger partial charge is 0.234 e. The van der Waals surface area contributed by atoms with Crippen molar-refractivity contribution in [1.82, 2.24) is 14.4 Å². The van der Waals surface area contributed by atoms with Gasteiger partial charge in [0.2, 0.25) is 5.78 Å². The van der Waals surface area contributed by atoms with Crippen molar-refractivity contribution in [3.05, 3.63) is 78.6 Å². The Morgan fingerprint density at radius 3 is 2.80 bits per heavy atom. The van der Waals surface area contributed by atoms with Gasteiger partial charge < -0.3 is 10.5 Å². The standard InChI is InChI=1S/C19H15FN4O/c20-14-4-3-5-16(8-14)25-12-15-11-24-10-13(9-22-19(24)23-15)17-6-1-2-7-18(17)21/h1-11H,12,21H2. The Hall–Kier alpha value is -3.41. The van der Waals surface area contributed by atoms with Crippen LogP contribution in [-0.2, 0) is 6.61 Å². The van der Waals surface area contributed by atoms with Crippen LogP contribution in [0.2, 0.25) is 0 Å². The van der Waals surface area contributed by atoms with Crippen LogP contribution in [0.1, 0.15) is 5.69 Å². The summed E-state index contributed by atoms with van der Waals surface area (Å²) in [6.45, 7) is 0.232. The first-order valence-corrected chi connectivity index (χ1v) is 7.76. The predicted molar refractivity (Wildman–Crippen MR) is 93.6 cm³/mol. The molecule has 0 spiro atoms. The Labute approximate surface area is 143 Å². The van der Waals surface area contributed by atoms with Gasteiger partial charge in [0.05, 0.1) is 5.69 Å². The number of para-hydroxylation sites is 1. The molecule has 0 unspecified atom stereocenters. The second kappa shape index (κ2) is 6.24. The number of fused-ring (bicyclic) bond motifs is 1. The topological polar surface area (TPSA) is 65.4 Å². The van der Waals surface area contributed by atoms with Crippen LogP contribution in [0.5, 0.6) is 5.75 Å². The number of nitrogens with zero attached hydrogens (tertiary/aromatic N) is 3. The Kier molecular flexibility index (Phi) is 3.78. The van der Waals surface area contributed by atoms with E-state index in [1.165, 1.54) is 12.1 Å². The molecule has 4 rings (SSSR count). The summed E-state index contributed by atoms with van der Waals surface area (Å²) < 4.78 is 20.6. The van der Waals surface area contributed by atoms with Gasteiger partial charge in [-0.2, -0.15) is 0 Å². The lowest BCUT2D eigenvalue weighted by Gasteiger charge is -2.05. The van der Waals surface area contributed by atoms with Gasteiger partial charge in [-0.3, -0.25) is 4.40 Å². The monoisotopic (exact) mass is 334 g/mol. The number of anilines is 1. The van der Waals surface area contributed by atoms with Gasteiger partial charge in [-0.25, -0.2) is 14.4 Å². The summed E-state index contributed by atoms with van der Waals surface area (Å²) in [6.07, 6.45) is 5.50. The van der Waals surface area contributed by atoms with Crippen LogP contribution in [0, 0.1) is 5.82 Å². The zero-order valence-corrected chi connectivity index (χ0v) is 13.3. The number of aromatic nitrogens is 3. The molecule has 2 aromatic heterocycles. The molecule has 0 saturated carbocycles. The molecule has 0 bridgehead atoms. The maximum Gasteiger partial charge on any atom is 0.234 e. The molecule has 0 aliphatic heterocycles. The zero-order valence-electron chi connectivity index (χ0n) is 13.3. The highest BCUT2D eigenvalue weighted by molar-refractivity contribution is 5.75. The molecule has 25 heavy (non-hydrogen) atoms. The highest BCUT2D eigenvalue weighted by Gasteiger charge is 2.08. The second-order valence-electron chi connectivity index (χ2n) is 5.62. The van der Waals surface area contributed by atoms with Gasteiger partial charge in [0.25, 0.3) is 0 Å². The number of halogens is 1. The Balaban J connectivity index is 1.59. The molecule has 0 fully saturated rings. The first-order valence-electron chi connectivity index (χ1n) is 7.76. The van der Waals surface area contributed by atoms with E-state index in [1.54, 1.807) is 18.3 Å². The summed E-state index contributed by atoms with van der Waals surface area (Å²) >= 11 is 0. The van der Waals surface area contributed by atoms with E-state index in [9.17, 15) is 4.39 Å². The number of nitrogen functional groups attached to an aromatic ring is 1. The van der Waals surface area contributed by atoms with Crippen molar-refractivity contribution in [2.45, 2.75) is 6.61 Å². The maximum atomic E-state index is 13.2. The first kappa shape index (κ1) is 15.1. The van der Waals surface area contributed by atoms with Crippen LogP contribution in [0.4, 0.5) is 10.1 Å². The highest BCUT2D eigenvalue weighted by Crippen LogP contribution is 2.25. The van der Waals surface area contributed by atoms with Crippen molar-refractivity contribution in [3.63, 3.8) is 0 Å². The van der Waals surface area contributed by atoms with Crippen LogP contribution in [-0.4, -0.2) is 14.4 Å². The van der Waals surface area contributed by atoms with Gasteiger partial charge >= 0.3 is 0 Å². The van der Waals surface area contributed by atoms with Gasteiger partial charge in [-0.15, -0.1) is 0 Å². The van der Waals surface area contributed by atoms with E-state index in [0.717, 1.165) is 11.1 Å². The van der Waals surface area contributed by atoms with Crippen molar-refractivity contribution >= 4 is 11.5 Å². The summed E-state index contributed by atoms with van der Waals surface area (Å²) in [5.41, 5.74) is 9.24. The lowest BCUT2D eigenvalue weighted by Crippen LogP contribution is -1.95. The molecule has 0 aliphatic rings. The second-order valence-corrected chi connectivity index (χ2v) is 5.62. The number of rotatable bonds is 4. The van der Waals surface area contributed by atoms with Gasteiger partial charge in [-0.05, 0) is 18.2 Å². The van der Waals surface area contributed by atoms with Crippen LogP contribution >= 0.6 is 0 Å². The Morgan fingerprint density at radius 2 is 1.96 bits per heavy atom. The molecule has 6 heteroatoms. The largest absolute Gasteiger partial charge is 0.487 e. The summed E-state index contributed by atoms with van der Waals surface area (Å²) in [4.78, 5) is 8.78. The predicted octanol–water partition coefficient (Wildman–Crippen LogP) is 3.70. The number of hydrogen-bond donors (Lipinski definition) is 1. The molecule has 0 saturated heterocycles. The van der Waals surface area contributed by atoms with Gasteiger partial charge in [-0.1, -0.05) is 24.3 Å². The molecule has 0 atom stereocenters. The Morgan fingerprint density at radius 1 is 1.08 bits per heavy atom. The lowest BCUT2D eigenvalue weighted by atomic mass is 10.1. The van der Waals surface area contributed by atoms with Crippen LogP contribution in [0.15, 0.2) is 67.1 Å². The van der Waals surface area contributed by atoms with Crippen molar-refractivity contribution in [1.29, 1.82) is 0 Å². The average Bonchev–Trinajstić information content (AvgIpc) is 3.02. The Bertz CT molecular complexity index is 1040. The average molecular weight is 334 g/mol. The van der Waals surface area contributed by atoms with Crippen molar-refractivity contribution in [3.8, 4) is 16.9 Å². The molecular formula is C19H15FN4O. The van der Waals surface area contributed by atoms with E-state index >= 15 is 0 Å². The van der Waals surface area contributed by atoms with E-state index in [1.807, 2.05) is 41.1 Å². The minimum Gasteiger partial charge on any atom is -0.487 e. The van der Waals surface area contributed by atoms with Crippen molar-refractivity contribution < 1.29 is 9.13 Å². The number of ether oxygens (including phenoxy) is 1. The molecule has 5 nitrogen and oxygen atoms in total. The minimum absolute atomic E-state index is 0.232. The van der Waals surface area contributed by atoms with Gasteiger partial charge in [0.1, 0.15) is 18.2 Å². The van der Waals surface area contributed by atoms with Crippen LogP contribution in [0.25, 0.3) is 16.9 Å². The van der Waals surface area contributed by atoms with Crippen LogP contribution < -0.4 is 10.5 Å². The van der Waals surface area contributed by atoms with Crippen LogP contribution in [0.3, 0.4) is 0 Å². The van der Waals surface area contributed by atoms with E-state index in [2.05, 4.69) is 9.97 Å².